The number of carboxylic acids is 1. The molecular formula is C20H20N2O5. The van der Waals surface area contributed by atoms with Crippen molar-refractivity contribution >= 4 is 23.9 Å². The van der Waals surface area contributed by atoms with Crippen LogP contribution in [0.25, 0.3) is 6.08 Å². The zero-order valence-electron chi connectivity index (χ0n) is 14.7. The van der Waals surface area contributed by atoms with Crippen molar-refractivity contribution in [1.82, 2.24) is 10.6 Å². The Labute approximate surface area is 156 Å². The first-order chi connectivity index (χ1) is 12.8. The van der Waals surface area contributed by atoms with Crippen molar-refractivity contribution in [2.45, 2.75) is 19.4 Å². The lowest BCUT2D eigenvalue weighted by molar-refractivity contribution is -0.141. The number of benzene rings is 2. The molecule has 140 valence electrons. The van der Waals surface area contributed by atoms with E-state index >= 15 is 0 Å². The summed E-state index contributed by atoms with van der Waals surface area (Å²) in [5.74, 6) is -2.30. The lowest BCUT2D eigenvalue weighted by Gasteiger charge is -2.16. The van der Waals surface area contributed by atoms with Crippen LogP contribution >= 0.6 is 0 Å². The molecule has 0 aromatic heterocycles. The van der Waals surface area contributed by atoms with Gasteiger partial charge >= 0.3 is 5.97 Å². The molecule has 2 amide bonds. The third-order valence-electron chi connectivity index (χ3n) is 3.65. The Kier molecular flexibility index (Phi) is 6.71. The van der Waals surface area contributed by atoms with Gasteiger partial charge in [0.25, 0.3) is 5.91 Å². The van der Waals surface area contributed by atoms with Gasteiger partial charge in [-0.2, -0.15) is 0 Å². The van der Waals surface area contributed by atoms with E-state index in [4.69, 9.17) is 0 Å². The van der Waals surface area contributed by atoms with Crippen LogP contribution in [-0.4, -0.2) is 34.0 Å². The molecule has 27 heavy (non-hydrogen) atoms. The van der Waals surface area contributed by atoms with Gasteiger partial charge in [-0.05, 0) is 29.3 Å². The number of phenolic OH excluding ortho intramolecular Hbond substituents is 1. The molecule has 1 unspecified atom stereocenters. The Morgan fingerprint density at radius 1 is 1.04 bits per heavy atom. The topological polar surface area (TPSA) is 116 Å². The van der Waals surface area contributed by atoms with Gasteiger partial charge in [0.15, 0.2) is 0 Å². The summed E-state index contributed by atoms with van der Waals surface area (Å²) in [6, 6.07) is 13.7. The lowest BCUT2D eigenvalue weighted by atomic mass is 10.1. The fourth-order valence-corrected chi connectivity index (χ4v) is 2.37. The number of rotatable bonds is 7. The highest BCUT2D eigenvalue weighted by molar-refractivity contribution is 6.02. The second kappa shape index (κ2) is 9.19. The highest BCUT2D eigenvalue weighted by Crippen LogP contribution is 2.12. The maximum absolute atomic E-state index is 12.5. The van der Waals surface area contributed by atoms with E-state index in [0.717, 1.165) is 0 Å². The number of carbonyl (C=O) groups excluding carboxylic acids is 2. The molecule has 0 saturated carbocycles. The standard InChI is InChI=1S/C20H20N2O5/c1-13(23)21-17(11-14-5-3-2-4-6-14)19(25)22-18(20(26)27)12-15-7-9-16(24)10-8-15/h2-11,18,24H,12H2,1H3,(H,21,23)(H,22,25)(H,26,27). The van der Waals surface area contributed by atoms with Crippen LogP contribution in [0, 0.1) is 0 Å². The number of aliphatic carboxylic acids is 1. The van der Waals surface area contributed by atoms with Crippen LogP contribution in [0.4, 0.5) is 0 Å². The van der Waals surface area contributed by atoms with Crippen molar-refractivity contribution in [2.75, 3.05) is 0 Å². The first-order valence-electron chi connectivity index (χ1n) is 8.21. The maximum Gasteiger partial charge on any atom is 0.326 e. The van der Waals surface area contributed by atoms with Gasteiger partial charge in [-0.1, -0.05) is 42.5 Å². The molecular weight excluding hydrogens is 348 g/mol. The summed E-state index contributed by atoms with van der Waals surface area (Å²) in [5, 5.41) is 23.6. The highest BCUT2D eigenvalue weighted by atomic mass is 16.4. The molecule has 0 saturated heterocycles. The van der Waals surface area contributed by atoms with E-state index in [-0.39, 0.29) is 17.9 Å². The van der Waals surface area contributed by atoms with E-state index < -0.39 is 23.8 Å². The van der Waals surface area contributed by atoms with E-state index in [2.05, 4.69) is 10.6 Å². The van der Waals surface area contributed by atoms with Crippen molar-refractivity contribution in [3.63, 3.8) is 0 Å². The van der Waals surface area contributed by atoms with Crippen LogP contribution in [0.5, 0.6) is 5.75 Å². The summed E-state index contributed by atoms with van der Waals surface area (Å²) in [6.45, 7) is 1.26. The third-order valence-corrected chi connectivity index (χ3v) is 3.65. The highest BCUT2D eigenvalue weighted by Gasteiger charge is 2.22. The zero-order chi connectivity index (χ0) is 19.8. The summed E-state index contributed by atoms with van der Waals surface area (Å²) in [6.07, 6.45) is 1.50. The normalized spacial score (nSPS) is 12.1. The van der Waals surface area contributed by atoms with Gasteiger partial charge in [-0.3, -0.25) is 9.59 Å². The molecule has 0 aliphatic rings. The molecule has 0 aliphatic heterocycles. The second-order valence-corrected chi connectivity index (χ2v) is 5.88. The van der Waals surface area contributed by atoms with Crippen molar-refractivity contribution in [2.24, 2.45) is 0 Å². The van der Waals surface area contributed by atoms with Gasteiger partial charge in [0.2, 0.25) is 5.91 Å². The van der Waals surface area contributed by atoms with Crippen LogP contribution in [-0.2, 0) is 20.8 Å². The maximum atomic E-state index is 12.5. The number of aromatic hydroxyl groups is 1. The summed E-state index contributed by atoms with van der Waals surface area (Å²) >= 11 is 0. The molecule has 7 heteroatoms. The molecule has 2 rings (SSSR count). The zero-order valence-corrected chi connectivity index (χ0v) is 14.7. The van der Waals surface area contributed by atoms with Gasteiger partial charge in [-0.15, -0.1) is 0 Å². The fourth-order valence-electron chi connectivity index (χ4n) is 2.37. The minimum absolute atomic E-state index is 0.0278. The van der Waals surface area contributed by atoms with Crippen molar-refractivity contribution in [3.05, 3.63) is 71.4 Å². The van der Waals surface area contributed by atoms with Gasteiger partial charge in [0.1, 0.15) is 17.5 Å². The number of hydrogen-bond donors (Lipinski definition) is 4. The summed E-state index contributed by atoms with van der Waals surface area (Å²) in [7, 11) is 0. The average molecular weight is 368 g/mol. The number of phenols is 1. The largest absolute Gasteiger partial charge is 0.508 e. The van der Waals surface area contributed by atoms with Crippen molar-refractivity contribution < 1.29 is 24.6 Å². The minimum Gasteiger partial charge on any atom is -0.508 e. The summed E-state index contributed by atoms with van der Waals surface area (Å²) < 4.78 is 0. The Morgan fingerprint density at radius 3 is 2.22 bits per heavy atom. The van der Waals surface area contributed by atoms with Crippen LogP contribution in [0.15, 0.2) is 60.3 Å². The van der Waals surface area contributed by atoms with Gasteiger partial charge in [-0.25, -0.2) is 4.79 Å². The van der Waals surface area contributed by atoms with E-state index in [9.17, 15) is 24.6 Å². The molecule has 7 nitrogen and oxygen atoms in total. The number of carboxylic acid groups (broad SMARTS) is 1. The van der Waals surface area contributed by atoms with E-state index in [1.54, 1.807) is 36.4 Å². The minimum atomic E-state index is -1.21. The first-order valence-corrected chi connectivity index (χ1v) is 8.21. The molecule has 0 spiro atoms. The third kappa shape index (κ3) is 6.32. The molecule has 2 aromatic rings. The molecule has 0 heterocycles. The number of hydrogen-bond acceptors (Lipinski definition) is 4. The predicted molar refractivity (Wildman–Crippen MR) is 99.6 cm³/mol. The molecule has 0 bridgehead atoms. The van der Waals surface area contributed by atoms with Crippen molar-refractivity contribution in [1.29, 1.82) is 0 Å². The molecule has 0 fully saturated rings. The molecule has 4 N–H and O–H groups in total. The van der Waals surface area contributed by atoms with Crippen LogP contribution in [0.3, 0.4) is 0 Å². The van der Waals surface area contributed by atoms with E-state index in [1.807, 2.05) is 6.07 Å². The van der Waals surface area contributed by atoms with Gasteiger partial charge < -0.3 is 20.8 Å². The quantitative estimate of drug-likeness (QED) is 0.555. The number of nitrogens with one attached hydrogen (secondary N) is 2. The van der Waals surface area contributed by atoms with Gasteiger partial charge in [0, 0.05) is 13.3 Å². The predicted octanol–water partition coefficient (Wildman–Crippen LogP) is 1.68. The Morgan fingerprint density at radius 2 is 1.67 bits per heavy atom. The molecule has 0 aliphatic carbocycles. The van der Waals surface area contributed by atoms with Gasteiger partial charge in [0.05, 0.1) is 0 Å². The molecule has 0 radical (unpaired) electrons. The van der Waals surface area contributed by atoms with E-state index in [1.165, 1.54) is 25.1 Å². The SMILES string of the molecule is CC(=O)NC(=Cc1ccccc1)C(=O)NC(Cc1ccc(O)cc1)C(=O)O. The monoisotopic (exact) mass is 368 g/mol. The number of amides is 2. The van der Waals surface area contributed by atoms with E-state index in [0.29, 0.717) is 11.1 Å². The summed E-state index contributed by atoms with van der Waals surface area (Å²) in [4.78, 5) is 35.5. The van der Waals surface area contributed by atoms with Crippen molar-refractivity contribution in [3.8, 4) is 5.75 Å². The molecule has 1 atom stereocenters. The number of carbonyl (C=O) groups is 3. The Hall–Kier alpha value is -3.61. The smallest absolute Gasteiger partial charge is 0.326 e. The first kappa shape index (κ1) is 19.7. The van der Waals surface area contributed by atoms with Crippen LogP contribution < -0.4 is 10.6 Å². The Bertz CT molecular complexity index is 844. The second-order valence-electron chi connectivity index (χ2n) is 5.88. The molecule has 2 aromatic carbocycles. The summed E-state index contributed by atoms with van der Waals surface area (Å²) in [5.41, 5.74) is 1.26. The lowest BCUT2D eigenvalue weighted by Crippen LogP contribution is -2.45. The average Bonchev–Trinajstić information content (AvgIpc) is 2.62. The van der Waals surface area contributed by atoms with Crippen LogP contribution in [0.2, 0.25) is 0 Å². The van der Waals surface area contributed by atoms with Crippen LogP contribution in [0.1, 0.15) is 18.1 Å². The Balaban J connectivity index is 2.19. The fraction of sp³-hybridized carbons (Fsp3) is 0.150.